The van der Waals surface area contributed by atoms with Gasteiger partial charge in [0, 0.05) is 5.39 Å². The molecule has 15 heavy (non-hydrogen) atoms. The lowest BCUT2D eigenvalue weighted by molar-refractivity contribution is 0.358. The molecule has 2 rings (SSSR count). The van der Waals surface area contributed by atoms with Crippen LogP contribution in [0, 0.1) is 6.92 Å². The fourth-order valence-electron chi connectivity index (χ4n) is 1.77. The molecule has 0 aliphatic heterocycles. The van der Waals surface area contributed by atoms with Crippen LogP contribution in [0.3, 0.4) is 0 Å². The van der Waals surface area contributed by atoms with Crippen LogP contribution in [0.25, 0.3) is 10.8 Å². The van der Waals surface area contributed by atoms with E-state index >= 15 is 0 Å². The van der Waals surface area contributed by atoms with E-state index in [2.05, 4.69) is 25.1 Å². The van der Waals surface area contributed by atoms with Crippen LogP contribution in [0.2, 0.25) is 0 Å². The van der Waals surface area contributed by atoms with Crippen molar-refractivity contribution in [3.8, 4) is 11.5 Å². The van der Waals surface area contributed by atoms with Crippen LogP contribution in [-0.2, 0) is 0 Å². The van der Waals surface area contributed by atoms with Crippen molar-refractivity contribution in [2.24, 2.45) is 0 Å². The number of benzene rings is 2. The second kappa shape index (κ2) is 3.81. The van der Waals surface area contributed by atoms with E-state index in [0.717, 1.165) is 16.9 Å². The topological polar surface area (TPSA) is 18.5 Å². The number of aryl methyl sites for hydroxylation is 1. The van der Waals surface area contributed by atoms with Crippen LogP contribution in [0.1, 0.15) is 5.56 Å². The zero-order valence-corrected chi connectivity index (χ0v) is 9.20. The predicted octanol–water partition coefficient (Wildman–Crippen LogP) is 3.17. The van der Waals surface area contributed by atoms with E-state index in [1.807, 2.05) is 12.1 Å². The second-order valence-corrected chi connectivity index (χ2v) is 3.53. The van der Waals surface area contributed by atoms with E-state index in [-0.39, 0.29) is 0 Å². The molecule has 0 radical (unpaired) electrons. The smallest absolute Gasteiger partial charge is 0.168 e. The van der Waals surface area contributed by atoms with Crippen molar-refractivity contribution < 1.29 is 9.47 Å². The van der Waals surface area contributed by atoms with Gasteiger partial charge in [-0.15, -0.1) is 0 Å². The summed E-state index contributed by atoms with van der Waals surface area (Å²) < 4.78 is 10.6. The molecule has 0 bridgehead atoms. The number of methoxy groups -OCH3 is 2. The molecule has 0 aromatic heterocycles. The highest BCUT2D eigenvalue weighted by Gasteiger charge is 2.07. The standard InChI is InChI=1S/C13H14O2/c1-9-4-6-11-10(8-9)5-7-12(14-2)13(11)15-3/h4-8H,1-3H3. The van der Waals surface area contributed by atoms with Gasteiger partial charge in [0.05, 0.1) is 14.2 Å². The fourth-order valence-corrected chi connectivity index (χ4v) is 1.77. The Morgan fingerprint density at radius 2 is 1.73 bits per heavy atom. The lowest BCUT2D eigenvalue weighted by Gasteiger charge is -2.10. The van der Waals surface area contributed by atoms with Gasteiger partial charge in [0.2, 0.25) is 0 Å². The lowest BCUT2D eigenvalue weighted by Crippen LogP contribution is -1.91. The quantitative estimate of drug-likeness (QED) is 0.744. The molecule has 78 valence electrons. The van der Waals surface area contributed by atoms with Gasteiger partial charge in [0.15, 0.2) is 11.5 Å². The van der Waals surface area contributed by atoms with Crippen molar-refractivity contribution in [3.63, 3.8) is 0 Å². The first-order chi connectivity index (χ1) is 7.26. The zero-order chi connectivity index (χ0) is 10.8. The second-order valence-electron chi connectivity index (χ2n) is 3.53. The van der Waals surface area contributed by atoms with E-state index in [4.69, 9.17) is 9.47 Å². The van der Waals surface area contributed by atoms with Crippen molar-refractivity contribution >= 4 is 10.8 Å². The monoisotopic (exact) mass is 202 g/mol. The molecule has 2 nitrogen and oxygen atoms in total. The molecule has 0 saturated carbocycles. The van der Waals surface area contributed by atoms with Gasteiger partial charge in [-0.05, 0) is 18.4 Å². The number of rotatable bonds is 2. The van der Waals surface area contributed by atoms with Crippen LogP contribution in [-0.4, -0.2) is 14.2 Å². The first kappa shape index (κ1) is 9.84. The highest BCUT2D eigenvalue weighted by molar-refractivity contribution is 5.91. The van der Waals surface area contributed by atoms with Gasteiger partial charge in [-0.3, -0.25) is 0 Å². The van der Waals surface area contributed by atoms with Crippen LogP contribution in [0.5, 0.6) is 11.5 Å². The molecule has 2 heteroatoms. The molecule has 0 spiro atoms. The van der Waals surface area contributed by atoms with Crippen molar-refractivity contribution in [3.05, 3.63) is 35.9 Å². The first-order valence-corrected chi connectivity index (χ1v) is 4.87. The molecule has 0 atom stereocenters. The maximum Gasteiger partial charge on any atom is 0.168 e. The molecule has 0 fully saturated rings. The van der Waals surface area contributed by atoms with Crippen molar-refractivity contribution in [2.45, 2.75) is 6.92 Å². The Morgan fingerprint density at radius 3 is 2.40 bits per heavy atom. The normalized spacial score (nSPS) is 10.3. The van der Waals surface area contributed by atoms with Crippen LogP contribution < -0.4 is 9.47 Å². The molecule has 0 aliphatic rings. The van der Waals surface area contributed by atoms with Gasteiger partial charge in [0.1, 0.15) is 0 Å². The number of hydrogen-bond donors (Lipinski definition) is 0. The first-order valence-electron chi connectivity index (χ1n) is 4.87. The summed E-state index contributed by atoms with van der Waals surface area (Å²) in [6.07, 6.45) is 0. The van der Waals surface area contributed by atoms with Gasteiger partial charge < -0.3 is 9.47 Å². The third kappa shape index (κ3) is 1.63. The van der Waals surface area contributed by atoms with E-state index in [1.165, 1.54) is 10.9 Å². The Morgan fingerprint density at radius 1 is 0.933 bits per heavy atom. The lowest BCUT2D eigenvalue weighted by atomic mass is 10.1. The average molecular weight is 202 g/mol. The van der Waals surface area contributed by atoms with E-state index in [0.29, 0.717) is 0 Å². The SMILES string of the molecule is COc1ccc2cc(C)ccc2c1OC. The number of ether oxygens (including phenoxy) is 2. The minimum atomic E-state index is 0.772. The summed E-state index contributed by atoms with van der Waals surface area (Å²) in [6, 6.07) is 10.2. The highest BCUT2D eigenvalue weighted by Crippen LogP contribution is 2.35. The summed E-state index contributed by atoms with van der Waals surface area (Å²) >= 11 is 0. The number of hydrogen-bond acceptors (Lipinski definition) is 2. The Bertz CT molecular complexity index is 489. The third-order valence-corrected chi connectivity index (χ3v) is 2.51. The summed E-state index contributed by atoms with van der Waals surface area (Å²) in [6.45, 7) is 2.08. The molecule has 0 amide bonds. The van der Waals surface area contributed by atoms with Crippen LogP contribution in [0.15, 0.2) is 30.3 Å². The Hall–Kier alpha value is -1.70. The summed E-state index contributed by atoms with van der Waals surface area (Å²) in [5, 5.41) is 2.26. The molecule has 2 aromatic carbocycles. The summed E-state index contributed by atoms with van der Waals surface area (Å²) in [5.74, 6) is 1.57. The minimum absolute atomic E-state index is 0.772. The largest absolute Gasteiger partial charge is 0.493 e. The Kier molecular flexibility index (Phi) is 2.50. The highest BCUT2D eigenvalue weighted by atomic mass is 16.5. The minimum Gasteiger partial charge on any atom is -0.493 e. The third-order valence-electron chi connectivity index (χ3n) is 2.51. The van der Waals surface area contributed by atoms with E-state index in [9.17, 15) is 0 Å². The average Bonchev–Trinajstić information content (AvgIpc) is 2.27. The maximum absolute atomic E-state index is 5.36. The molecule has 0 heterocycles. The molecule has 0 aliphatic carbocycles. The van der Waals surface area contributed by atoms with Gasteiger partial charge >= 0.3 is 0 Å². The summed E-state index contributed by atoms with van der Waals surface area (Å²) in [7, 11) is 3.31. The van der Waals surface area contributed by atoms with Gasteiger partial charge in [-0.1, -0.05) is 29.8 Å². The summed E-state index contributed by atoms with van der Waals surface area (Å²) in [4.78, 5) is 0. The van der Waals surface area contributed by atoms with E-state index < -0.39 is 0 Å². The van der Waals surface area contributed by atoms with Crippen molar-refractivity contribution in [1.82, 2.24) is 0 Å². The molecule has 0 unspecified atom stereocenters. The zero-order valence-electron chi connectivity index (χ0n) is 9.20. The van der Waals surface area contributed by atoms with Crippen molar-refractivity contribution in [2.75, 3.05) is 14.2 Å². The van der Waals surface area contributed by atoms with Crippen LogP contribution in [0.4, 0.5) is 0 Å². The Balaban J connectivity index is 2.76. The molecule has 0 N–H and O–H groups in total. The van der Waals surface area contributed by atoms with Gasteiger partial charge in [0.25, 0.3) is 0 Å². The van der Waals surface area contributed by atoms with Crippen LogP contribution >= 0.6 is 0 Å². The predicted molar refractivity (Wildman–Crippen MR) is 61.8 cm³/mol. The fraction of sp³-hybridized carbons (Fsp3) is 0.231. The van der Waals surface area contributed by atoms with Gasteiger partial charge in [-0.2, -0.15) is 0 Å². The molecule has 0 saturated heterocycles. The summed E-state index contributed by atoms with van der Waals surface area (Å²) in [5.41, 5.74) is 1.25. The number of fused-ring (bicyclic) bond motifs is 1. The molecular formula is C13H14O2. The van der Waals surface area contributed by atoms with Gasteiger partial charge in [-0.25, -0.2) is 0 Å². The maximum atomic E-state index is 5.36. The van der Waals surface area contributed by atoms with E-state index in [1.54, 1.807) is 14.2 Å². The molecule has 2 aromatic rings. The molecular weight excluding hydrogens is 188 g/mol. The Labute approximate surface area is 89.4 Å². The van der Waals surface area contributed by atoms with Crippen molar-refractivity contribution in [1.29, 1.82) is 0 Å².